The fourth-order valence-electron chi connectivity index (χ4n) is 0.888. The summed E-state index contributed by atoms with van der Waals surface area (Å²) in [6, 6.07) is 0. The van der Waals surface area contributed by atoms with Gasteiger partial charge in [-0.1, -0.05) is 5.10 Å². The number of rotatable bonds is 4. The van der Waals surface area contributed by atoms with Crippen LogP contribution in [0, 0.1) is 10.1 Å². The highest BCUT2D eigenvalue weighted by molar-refractivity contribution is 5.99. The van der Waals surface area contributed by atoms with Gasteiger partial charge in [-0.05, 0) is 11.5 Å². The number of Topliss-reactive ketones (excluding diaryl/α,β-unsaturated/α-hetero) is 1. The van der Waals surface area contributed by atoms with E-state index >= 15 is 0 Å². The molecule has 70 valence electrons. The predicted octanol–water partition coefficient (Wildman–Crippen LogP) is -0.151. The molecule has 0 saturated heterocycles. The monoisotopic (exact) mass is 184 g/mol. The molecule has 0 aromatic carbocycles. The van der Waals surface area contributed by atoms with Crippen LogP contribution in [0.15, 0.2) is 6.20 Å². The molecule has 0 amide bonds. The Kier molecular flexibility index (Phi) is 2.70. The van der Waals surface area contributed by atoms with Crippen molar-refractivity contribution in [1.29, 1.82) is 0 Å². The Morgan fingerprint density at radius 1 is 1.77 bits per heavy atom. The van der Waals surface area contributed by atoms with Gasteiger partial charge in [0.25, 0.3) is 0 Å². The van der Waals surface area contributed by atoms with Gasteiger partial charge in [-0.2, -0.15) is 0 Å². The molecular formula is C6H8N4O3. The quantitative estimate of drug-likeness (QED) is 0.383. The zero-order valence-corrected chi connectivity index (χ0v) is 6.69. The number of ketones is 1. The van der Waals surface area contributed by atoms with Crippen molar-refractivity contribution in [1.82, 2.24) is 10.2 Å². The number of hydrogen-bond acceptors (Lipinski definition) is 5. The van der Waals surface area contributed by atoms with E-state index in [0.29, 0.717) is 0 Å². The minimum Gasteiger partial charge on any atom is -0.358 e. The van der Waals surface area contributed by atoms with Gasteiger partial charge in [-0.25, -0.2) is 0 Å². The molecule has 0 aliphatic rings. The zero-order chi connectivity index (χ0) is 9.84. The first-order valence-corrected chi connectivity index (χ1v) is 3.58. The van der Waals surface area contributed by atoms with Crippen molar-refractivity contribution < 1.29 is 9.72 Å². The van der Waals surface area contributed by atoms with Gasteiger partial charge in [0.05, 0.1) is 6.20 Å². The van der Waals surface area contributed by atoms with Crippen LogP contribution in [0.3, 0.4) is 0 Å². The number of nitrogens with two attached hydrogens (primary N) is 1. The third-order valence-corrected chi connectivity index (χ3v) is 1.47. The van der Waals surface area contributed by atoms with E-state index in [4.69, 9.17) is 5.73 Å². The van der Waals surface area contributed by atoms with E-state index in [0.717, 1.165) is 6.20 Å². The van der Waals surface area contributed by atoms with Crippen molar-refractivity contribution in [3.05, 3.63) is 21.9 Å². The number of hydrogen-bond donors (Lipinski definition) is 2. The lowest BCUT2D eigenvalue weighted by Crippen LogP contribution is -2.09. The Morgan fingerprint density at radius 3 is 3.00 bits per heavy atom. The van der Waals surface area contributed by atoms with E-state index in [1.54, 1.807) is 0 Å². The summed E-state index contributed by atoms with van der Waals surface area (Å²) in [5.74, 6) is -0.749. The maximum absolute atomic E-state index is 11.2. The van der Waals surface area contributed by atoms with Gasteiger partial charge in [-0.3, -0.25) is 4.79 Å². The maximum Gasteiger partial charge on any atom is 0.353 e. The maximum atomic E-state index is 11.2. The largest absolute Gasteiger partial charge is 0.358 e. The third-order valence-electron chi connectivity index (χ3n) is 1.47. The van der Waals surface area contributed by atoms with Crippen LogP contribution in [0.25, 0.3) is 0 Å². The minimum absolute atomic E-state index is 0.0181. The zero-order valence-electron chi connectivity index (χ0n) is 6.69. The number of H-pyrrole nitrogens is 1. The Bertz CT molecular complexity index is 332. The van der Waals surface area contributed by atoms with Crippen LogP contribution in [0.5, 0.6) is 0 Å². The molecule has 0 radical (unpaired) electrons. The van der Waals surface area contributed by atoms with Crippen LogP contribution < -0.4 is 5.73 Å². The summed E-state index contributed by atoms with van der Waals surface area (Å²) in [6.07, 6.45) is 1.22. The summed E-state index contributed by atoms with van der Waals surface area (Å²) in [4.78, 5) is 20.8. The second kappa shape index (κ2) is 3.76. The van der Waals surface area contributed by atoms with Crippen LogP contribution in [0.4, 0.5) is 5.82 Å². The minimum atomic E-state index is -0.684. The van der Waals surface area contributed by atoms with Crippen molar-refractivity contribution in [3.63, 3.8) is 0 Å². The van der Waals surface area contributed by atoms with E-state index in [9.17, 15) is 14.9 Å². The molecule has 0 atom stereocenters. The number of nitrogens with one attached hydrogen (secondary N) is 1. The van der Waals surface area contributed by atoms with Crippen molar-refractivity contribution in [2.45, 2.75) is 6.42 Å². The summed E-state index contributed by atoms with van der Waals surface area (Å²) in [6.45, 7) is 0.168. The molecule has 0 bridgehead atoms. The topological polar surface area (TPSA) is 115 Å². The smallest absolute Gasteiger partial charge is 0.353 e. The Balaban J connectivity index is 2.93. The van der Waals surface area contributed by atoms with Gasteiger partial charge < -0.3 is 15.8 Å². The predicted molar refractivity (Wildman–Crippen MR) is 43.2 cm³/mol. The first kappa shape index (κ1) is 9.33. The fraction of sp³-hybridized carbons (Fsp3) is 0.333. The van der Waals surface area contributed by atoms with Gasteiger partial charge in [0.2, 0.25) is 0 Å². The molecule has 0 aliphatic carbocycles. The first-order chi connectivity index (χ1) is 6.16. The number of nitrogens with zero attached hydrogens (tertiary/aromatic N) is 2. The Hall–Kier alpha value is -1.76. The third kappa shape index (κ3) is 1.88. The lowest BCUT2D eigenvalue weighted by Gasteiger charge is -1.94. The average Bonchev–Trinajstić information content (AvgIpc) is 2.52. The number of aromatic nitrogens is 2. The lowest BCUT2D eigenvalue weighted by molar-refractivity contribution is -0.389. The van der Waals surface area contributed by atoms with Crippen molar-refractivity contribution in [2.75, 3.05) is 6.54 Å². The van der Waals surface area contributed by atoms with Crippen molar-refractivity contribution in [3.8, 4) is 0 Å². The summed E-state index contributed by atoms with van der Waals surface area (Å²) in [5.41, 5.74) is 5.12. The highest BCUT2D eigenvalue weighted by atomic mass is 16.6. The molecule has 0 saturated carbocycles. The van der Waals surface area contributed by atoms with E-state index in [-0.39, 0.29) is 30.1 Å². The Morgan fingerprint density at radius 2 is 2.46 bits per heavy atom. The van der Waals surface area contributed by atoms with Gasteiger partial charge in [-0.15, -0.1) is 5.10 Å². The number of carbonyl (C=O) groups excluding carboxylic acids is 1. The van der Waals surface area contributed by atoms with Gasteiger partial charge in [0.1, 0.15) is 5.56 Å². The molecule has 3 N–H and O–H groups in total. The van der Waals surface area contributed by atoms with Crippen LogP contribution in [0.1, 0.15) is 16.8 Å². The van der Waals surface area contributed by atoms with Crippen LogP contribution in [0.2, 0.25) is 0 Å². The van der Waals surface area contributed by atoms with Crippen molar-refractivity contribution in [2.24, 2.45) is 5.73 Å². The van der Waals surface area contributed by atoms with E-state index in [2.05, 4.69) is 10.2 Å². The summed E-state index contributed by atoms with van der Waals surface area (Å²) in [7, 11) is 0. The first-order valence-electron chi connectivity index (χ1n) is 3.58. The second-order valence-corrected chi connectivity index (χ2v) is 2.35. The van der Waals surface area contributed by atoms with Crippen LogP contribution in [-0.2, 0) is 0 Å². The SMILES string of the molecule is NCCC(=O)c1cn[nH]c1[N+](=O)[O-]. The van der Waals surface area contributed by atoms with Gasteiger partial charge in [0, 0.05) is 6.42 Å². The van der Waals surface area contributed by atoms with Crippen molar-refractivity contribution >= 4 is 11.6 Å². The fourth-order valence-corrected chi connectivity index (χ4v) is 0.888. The summed E-state index contributed by atoms with van der Waals surface area (Å²) >= 11 is 0. The van der Waals surface area contributed by atoms with Crippen LogP contribution in [-0.4, -0.2) is 27.4 Å². The number of carbonyl (C=O) groups is 1. The van der Waals surface area contributed by atoms with Gasteiger partial charge >= 0.3 is 5.82 Å². The Labute approximate surface area is 73.1 Å². The summed E-state index contributed by atoms with van der Waals surface area (Å²) < 4.78 is 0. The molecule has 0 spiro atoms. The standard InChI is InChI=1S/C6H8N4O3/c7-2-1-5(11)4-3-8-9-6(4)10(12)13/h3H,1-2,7H2,(H,8,9). The molecule has 7 nitrogen and oxygen atoms in total. The molecule has 0 fully saturated rings. The molecule has 7 heteroatoms. The van der Waals surface area contributed by atoms with E-state index in [1.165, 1.54) is 0 Å². The average molecular weight is 184 g/mol. The number of aromatic amines is 1. The number of nitro groups is 1. The highest BCUT2D eigenvalue weighted by Crippen LogP contribution is 2.14. The lowest BCUT2D eigenvalue weighted by atomic mass is 10.1. The summed E-state index contributed by atoms with van der Waals surface area (Å²) in [5, 5.41) is 15.9. The van der Waals surface area contributed by atoms with E-state index < -0.39 is 4.92 Å². The van der Waals surface area contributed by atoms with Gasteiger partial charge in [0.15, 0.2) is 5.78 Å². The second-order valence-electron chi connectivity index (χ2n) is 2.35. The highest BCUT2D eigenvalue weighted by Gasteiger charge is 2.20. The van der Waals surface area contributed by atoms with Crippen LogP contribution >= 0.6 is 0 Å². The molecule has 1 rings (SSSR count). The molecular weight excluding hydrogens is 176 g/mol. The molecule has 1 heterocycles. The molecule has 13 heavy (non-hydrogen) atoms. The molecule has 1 aromatic heterocycles. The van der Waals surface area contributed by atoms with E-state index in [1.807, 2.05) is 0 Å². The molecule has 1 aromatic rings. The molecule has 0 aliphatic heterocycles. The normalized spacial score (nSPS) is 9.92. The molecule has 0 unspecified atom stereocenters.